The molecule has 3 rings (SSSR count). The van der Waals surface area contributed by atoms with Crippen molar-refractivity contribution in [2.24, 2.45) is 0 Å². The van der Waals surface area contributed by atoms with Gasteiger partial charge in [-0.3, -0.25) is 0 Å². The molecule has 2 atom stereocenters. The number of nitrogens with zero attached hydrogens (tertiary/aromatic N) is 1. The van der Waals surface area contributed by atoms with Gasteiger partial charge in [0.05, 0.1) is 5.69 Å². The Bertz CT molecular complexity index is 718. The number of carbonyl (C=O) groups excluding carboxylic acids is 1. The summed E-state index contributed by atoms with van der Waals surface area (Å²) in [4.78, 5) is 10.4. The molecule has 11 heteroatoms. The van der Waals surface area contributed by atoms with Crippen molar-refractivity contribution in [1.29, 1.82) is 0 Å². The minimum Gasteiger partial charge on any atom is -0.652 e. The number of benzene rings is 1. The Morgan fingerprint density at radius 2 is 1.90 bits per heavy atom. The number of ether oxygens (including phenoxy) is 1. The SMILES string of the molecule is CC(C)(C)[Si](C)(C)O[C@]12CCN(c3ccc(Br)cc3F)C[C@H]1O2.O=C([O-])[O-].[K+].[K+]. The summed E-state index contributed by atoms with van der Waals surface area (Å²) in [5.74, 6) is -0.622. The third kappa shape index (κ3) is 8.43. The van der Waals surface area contributed by atoms with Crippen molar-refractivity contribution >= 4 is 36.1 Å². The minimum absolute atomic E-state index is 0. The molecule has 2 heterocycles. The van der Waals surface area contributed by atoms with E-state index in [1.54, 1.807) is 0 Å². The monoisotopic (exact) mass is 539 g/mol. The summed E-state index contributed by atoms with van der Waals surface area (Å²) in [5.41, 5.74) is 0.643. The molecule has 29 heavy (non-hydrogen) atoms. The molecule has 0 bridgehead atoms. The van der Waals surface area contributed by atoms with Gasteiger partial charge in [-0.25, -0.2) is 4.39 Å². The number of halogens is 2. The van der Waals surface area contributed by atoms with Crippen LogP contribution in [0.3, 0.4) is 0 Å². The first-order valence-corrected chi connectivity index (χ1v) is 12.4. The Morgan fingerprint density at radius 3 is 2.34 bits per heavy atom. The molecule has 2 aliphatic heterocycles. The predicted molar refractivity (Wildman–Crippen MR) is 102 cm³/mol. The van der Waals surface area contributed by atoms with Crippen molar-refractivity contribution in [2.45, 2.75) is 57.2 Å². The van der Waals surface area contributed by atoms with Gasteiger partial charge in [0.2, 0.25) is 0 Å². The second-order valence-electron chi connectivity index (χ2n) is 8.32. The summed E-state index contributed by atoms with van der Waals surface area (Å²) in [6, 6.07) is 5.21. The van der Waals surface area contributed by atoms with Gasteiger partial charge in [0, 0.05) is 24.0 Å². The average Bonchev–Trinajstić information content (AvgIpc) is 3.17. The van der Waals surface area contributed by atoms with E-state index >= 15 is 0 Å². The van der Waals surface area contributed by atoms with Crippen molar-refractivity contribution in [2.75, 3.05) is 18.0 Å². The number of carboxylic acid groups (broad SMARTS) is 2. The summed E-state index contributed by atoms with van der Waals surface area (Å²) in [5, 5.41) is 16.8. The van der Waals surface area contributed by atoms with Crippen molar-refractivity contribution in [3.05, 3.63) is 28.5 Å². The Labute approximate surface area is 266 Å². The van der Waals surface area contributed by atoms with E-state index in [2.05, 4.69) is 54.7 Å². The Morgan fingerprint density at radius 1 is 1.34 bits per heavy atom. The Kier molecular flexibility index (Phi) is 12.9. The molecule has 0 aromatic heterocycles. The first-order chi connectivity index (χ1) is 12.3. The van der Waals surface area contributed by atoms with Gasteiger partial charge in [-0.1, -0.05) is 36.7 Å². The van der Waals surface area contributed by atoms with Gasteiger partial charge in [-0.2, -0.15) is 0 Å². The quantitative estimate of drug-likeness (QED) is 0.292. The van der Waals surface area contributed by atoms with E-state index in [-0.39, 0.29) is 120 Å². The van der Waals surface area contributed by atoms with Crippen LogP contribution in [-0.4, -0.2) is 39.5 Å². The molecule has 2 saturated heterocycles. The molecule has 0 unspecified atom stereocenters. The van der Waals surface area contributed by atoms with Crippen LogP contribution in [0.4, 0.5) is 14.9 Å². The van der Waals surface area contributed by atoms with E-state index < -0.39 is 20.3 Å². The normalized spacial score (nSPS) is 22.9. The minimum atomic E-state index is -2.33. The van der Waals surface area contributed by atoms with Crippen LogP contribution < -0.4 is 118 Å². The smallest absolute Gasteiger partial charge is 0.652 e. The second-order valence-corrected chi connectivity index (χ2v) is 14.0. The summed E-state index contributed by atoms with van der Waals surface area (Å²) in [6.07, 6.45) is -1.49. The summed E-state index contributed by atoms with van der Waals surface area (Å²) in [6.45, 7) is 12.7. The van der Waals surface area contributed by atoms with E-state index in [0.717, 1.165) is 17.4 Å². The first-order valence-electron chi connectivity index (χ1n) is 8.73. The maximum atomic E-state index is 14.2. The van der Waals surface area contributed by atoms with Crippen LogP contribution in [0.25, 0.3) is 0 Å². The second kappa shape index (κ2) is 12.0. The molecule has 6 nitrogen and oxygen atoms in total. The Hall–Kier alpha value is 2.11. The van der Waals surface area contributed by atoms with Crippen LogP contribution in [-0.2, 0) is 9.16 Å². The fourth-order valence-electron chi connectivity index (χ4n) is 2.87. The molecule has 2 fully saturated rings. The Balaban J connectivity index is 0.00000120. The molecular weight excluding hydrogens is 515 g/mol. The molecule has 0 spiro atoms. The van der Waals surface area contributed by atoms with Crippen molar-refractivity contribution in [3.8, 4) is 0 Å². The van der Waals surface area contributed by atoms with Crippen LogP contribution >= 0.6 is 15.9 Å². The fourth-order valence-corrected chi connectivity index (χ4v) is 4.65. The number of hydrogen-bond acceptors (Lipinski definition) is 6. The van der Waals surface area contributed by atoms with Gasteiger partial charge in [-0.15, -0.1) is 0 Å². The molecular formula is C18H25BrFK2NO5Si. The van der Waals surface area contributed by atoms with Gasteiger partial charge in [0.15, 0.2) is 14.1 Å². The van der Waals surface area contributed by atoms with Crippen LogP contribution in [0.15, 0.2) is 22.7 Å². The van der Waals surface area contributed by atoms with Crippen molar-refractivity contribution in [3.63, 3.8) is 0 Å². The van der Waals surface area contributed by atoms with Gasteiger partial charge in [0.25, 0.3) is 0 Å². The number of hydrogen-bond donors (Lipinski definition) is 0. The third-order valence-electron chi connectivity index (χ3n) is 5.38. The molecule has 2 aliphatic rings. The molecule has 0 N–H and O–H groups in total. The molecule has 1 aromatic rings. The molecule has 0 radical (unpaired) electrons. The maximum absolute atomic E-state index is 14.2. The zero-order chi connectivity index (χ0) is 20.6. The summed E-state index contributed by atoms with van der Waals surface area (Å²) >= 11 is 3.30. The van der Waals surface area contributed by atoms with Gasteiger partial charge >= 0.3 is 103 Å². The van der Waals surface area contributed by atoms with Gasteiger partial charge < -0.3 is 29.1 Å². The summed E-state index contributed by atoms with van der Waals surface area (Å²) < 4.78 is 27.4. The summed E-state index contributed by atoms with van der Waals surface area (Å²) in [7, 11) is -1.87. The number of anilines is 1. The molecule has 0 amide bonds. The van der Waals surface area contributed by atoms with E-state index in [0.29, 0.717) is 12.2 Å². The first kappa shape index (κ1) is 31.1. The maximum Gasteiger partial charge on any atom is 1.00 e. The zero-order valence-corrected chi connectivity index (χ0v) is 27.0. The standard InChI is InChI=1S/C17H25BrFNO2Si.CH2O3.2K/c1-16(2,3)23(4,5)22-17-8-9-20(11-15(17)21-17)14-7-6-12(18)10-13(14)19;2-1(3)4;;/h6-7,10,15H,8-9,11H2,1-5H3;(H2,2,3,4);;/q;;2*+1/p-2/t15-,17-;;;/m1.../s1. The molecule has 0 saturated carbocycles. The van der Waals surface area contributed by atoms with E-state index in [1.165, 1.54) is 6.07 Å². The van der Waals surface area contributed by atoms with E-state index in [4.69, 9.17) is 24.2 Å². The van der Waals surface area contributed by atoms with Gasteiger partial charge in [-0.05, 0) is 42.5 Å². The molecule has 152 valence electrons. The number of fused-ring (bicyclic) bond motifs is 1. The number of rotatable bonds is 3. The number of carbonyl (C=O) groups is 1. The van der Waals surface area contributed by atoms with Crippen molar-refractivity contribution in [1.82, 2.24) is 0 Å². The molecule has 1 aromatic carbocycles. The van der Waals surface area contributed by atoms with Gasteiger partial charge in [0.1, 0.15) is 11.9 Å². The topological polar surface area (TPSA) is 88.2 Å². The van der Waals surface area contributed by atoms with Crippen LogP contribution in [0.2, 0.25) is 18.1 Å². The van der Waals surface area contributed by atoms with Crippen LogP contribution in [0, 0.1) is 5.82 Å². The molecule has 0 aliphatic carbocycles. The average molecular weight is 541 g/mol. The third-order valence-corrected chi connectivity index (χ3v) is 10.3. The van der Waals surface area contributed by atoms with E-state index in [9.17, 15) is 4.39 Å². The number of epoxide rings is 1. The van der Waals surface area contributed by atoms with E-state index in [1.807, 2.05) is 12.1 Å². The number of piperidine rings is 1. The fraction of sp³-hybridized carbons (Fsp3) is 0.611. The van der Waals surface area contributed by atoms with Crippen molar-refractivity contribution < 1.29 is 131 Å². The largest absolute Gasteiger partial charge is 1.00 e. The van der Waals surface area contributed by atoms with Crippen LogP contribution in [0.5, 0.6) is 0 Å². The zero-order valence-electron chi connectivity index (χ0n) is 18.2. The predicted octanol–water partition coefficient (Wildman–Crippen LogP) is -3.52. The van der Waals surface area contributed by atoms with Crippen LogP contribution in [0.1, 0.15) is 27.2 Å².